The molecule has 0 spiro atoms. The van der Waals surface area contributed by atoms with Gasteiger partial charge in [0.25, 0.3) is 0 Å². The predicted molar refractivity (Wildman–Crippen MR) is 221 cm³/mol. The van der Waals surface area contributed by atoms with Crippen molar-refractivity contribution in [1.82, 2.24) is 0 Å². The minimum atomic E-state index is 0.131. The van der Waals surface area contributed by atoms with Crippen molar-refractivity contribution < 1.29 is 19.7 Å². The van der Waals surface area contributed by atoms with Crippen LogP contribution in [0.4, 0.5) is 0 Å². The van der Waals surface area contributed by atoms with E-state index in [4.69, 9.17) is 9.47 Å². The predicted octanol–water partition coefficient (Wildman–Crippen LogP) is 10.6. The summed E-state index contributed by atoms with van der Waals surface area (Å²) in [5.74, 6) is 15.9. The normalized spacial score (nSPS) is 49.2. The van der Waals surface area contributed by atoms with Crippen molar-refractivity contribution in [1.29, 1.82) is 0 Å². The fraction of sp³-hybridized carbons (Fsp3) is 0.875. The van der Waals surface area contributed by atoms with Crippen molar-refractivity contribution >= 4 is 22.6 Å². The molecule has 6 saturated carbocycles. The van der Waals surface area contributed by atoms with Gasteiger partial charge >= 0.3 is 0 Å². The smallest absolute Gasteiger partial charge is 0.0701 e. The van der Waals surface area contributed by atoms with Crippen LogP contribution in [0.1, 0.15) is 148 Å². The van der Waals surface area contributed by atoms with Crippen LogP contribution in [0.2, 0.25) is 0 Å². The van der Waals surface area contributed by atoms with E-state index in [1.807, 2.05) is 5.57 Å². The van der Waals surface area contributed by atoms with Gasteiger partial charge in [-0.15, -0.1) is 11.8 Å². The summed E-state index contributed by atoms with van der Waals surface area (Å²) < 4.78 is 12.8. The molecule has 9 rings (SSSR count). The Kier molecular flexibility index (Phi) is 11.6. The first kappa shape index (κ1) is 38.1. The van der Waals surface area contributed by atoms with Gasteiger partial charge in [0.15, 0.2) is 0 Å². The standard InChI is InChI=1S/C48H71IO4/c49-46-28-8-7-15-45(46)48(44-14-6-5-13-43(44)46,36-22-26-38(27-23-36)53-32-30-51)35-18-16-33(17-19-35)47(34-20-24-37(25-21-34)52-31-29-50)41-11-3-1-9-39(41)40-10-2-4-12-42(40)47/h5-6,22,33-35,37-45,50-51H,1,3,7-21,23-32H2/t33?,34?,35?,37?,38?,39?,40?,41?,42?,43?,44-,45?,46?,47?,48?/m1/s1. The van der Waals surface area contributed by atoms with Gasteiger partial charge in [-0.05, 0) is 174 Å². The van der Waals surface area contributed by atoms with Crippen molar-refractivity contribution in [3.8, 4) is 11.8 Å². The molecule has 294 valence electrons. The van der Waals surface area contributed by atoms with Gasteiger partial charge in [0.2, 0.25) is 0 Å². The minimum absolute atomic E-state index is 0.131. The fourth-order valence-corrected chi connectivity index (χ4v) is 18.9. The SMILES string of the molecule is OCCOC1CC=C(C2(C3CCC(C4(C5CCC(OCCO)CC5)C5CC#CCC5C5CCCCC54)CC3)C3CCCCC3(I)C3CC=CC[C@H]32)CC1. The lowest BCUT2D eigenvalue weighted by Crippen LogP contribution is -2.52. The van der Waals surface area contributed by atoms with Gasteiger partial charge < -0.3 is 19.7 Å². The molecule has 4 nitrogen and oxygen atoms in total. The van der Waals surface area contributed by atoms with Crippen LogP contribution in [-0.4, -0.2) is 52.3 Å². The molecule has 0 heterocycles. The molecular weight excluding hydrogens is 767 g/mol. The van der Waals surface area contributed by atoms with Crippen molar-refractivity contribution in [3.05, 3.63) is 23.8 Å². The Morgan fingerprint density at radius 2 is 1.28 bits per heavy atom. The van der Waals surface area contributed by atoms with E-state index in [0.717, 1.165) is 72.0 Å². The molecule has 0 aromatic rings. The highest BCUT2D eigenvalue weighted by molar-refractivity contribution is 14.1. The zero-order valence-electron chi connectivity index (χ0n) is 32.8. The zero-order valence-corrected chi connectivity index (χ0v) is 35.0. The molecule has 53 heavy (non-hydrogen) atoms. The first-order valence-electron chi connectivity index (χ1n) is 23.0. The average molecular weight is 839 g/mol. The van der Waals surface area contributed by atoms with Crippen molar-refractivity contribution in [2.75, 3.05) is 26.4 Å². The number of hydrogen-bond donors (Lipinski definition) is 2. The lowest BCUT2D eigenvalue weighted by Gasteiger charge is -2.59. The topological polar surface area (TPSA) is 58.9 Å². The second-order valence-electron chi connectivity index (χ2n) is 19.7. The van der Waals surface area contributed by atoms with Crippen molar-refractivity contribution in [2.24, 2.45) is 70.0 Å². The summed E-state index contributed by atoms with van der Waals surface area (Å²) in [6, 6.07) is 0. The Balaban J connectivity index is 1.06. The largest absolute Gasteiger partial charge is 0.394 e. The van der Waals surface area contributed by atoms with E-state index in [9.17, 15) is 10.2 Å². The third kappa shape index (κ3) is 6.25. The van der Waals surface area contributed by atoms with Gasteiger partial charge in [0.05, 0.1) is 38.6 Å². The van der Waals surface area contributed by atoms with E-state index < -0.39 is 0 Å². The molecule has 9 aliphatic carbocycles. The molecule has 0 aromatic heterocycles. The van der Waals surface area contributed by atoms with E-state index >= 15 is 0 Å². The molecular formula is C48H71IO4. The highest BCUT2D eigenvalue weighted by atomic mass is 127. The summed E-state index contributed by atoms with van der Waals surface area (Å²) in [5, 5.41) is 19.0. The average Bonchev–Trinajstić information content (AvgIpc) is 3.65. The Bertz CT molecular complexity index is 1400. The summed E-state index contributed by atoms with van der Waals surface area (Å²) in [6.07, 6.45) is 39.3. The molecule has 0 aromatic carbocycles. The molecule has 5 heteroatoms. The quantitative estimate of drug-likeness (QED) is 0.0996. The number of halogens is 1. The second kappa shape index (κ2) is 16.1. The number of fused-ring (bicyclic) bond motifs is 6. The number of aliphatic hydroxyl groups excluding tert-OH is 2. The third-order valence-corrected chi connectivity index (χ3v) is 20.5. The van der Waals surface area contributed by atoms with E-state index in [0.29, 0.717) is 33.6 Å². The maximum atomic E-state index is 9.52. The van der Waals surface area contributed by atoms with Crippen molar-refractivity contribution in [2.45, 2.75) is 163 Å². The van der Waals surface area contributed by atoms with Crippen LogP contribution in [-0.2, 0) is 9.47 Å². The first-order chi connectivity index (χ1) is 26.1. The monoisotopic (exact) mass is 838 g/mol. The Morgan fingerprint density at radius 1 is 0.623 bits per heavy atom. The number of aliphatic hydroxyl groups is 2. The van der Waals surface area contributed by atoms with Gasteiger partial charge in [0.1, 0.15) is 0 Å². The Morgan fingerprint density at radius 3 is 2.02 bits per heavy atom. The van der Waals surface area contributed by atoms with Crippen LogP contribution in [0.5, 0.6) is 0 Å². The van der Waals surface area contributed by atoms with Gasteiger partial charge in [-0.25, -0.2) is 0 Å². The first-order valence-corrected chi connectivity index (χ1v) is 24.1. The van der Waals surface area contributed by atoms with Gasteiger partial charge in [-0.1, -0.05) is 72.1 Å². The molecule has 0 aliphatic heterocycles. The van der Waals surface area contributed by atoms with Crippen LogP contribution >= 0.6 is 22.6 Å². The molecule has 0 bridgehead atoms. The van der Waals surface area contributed by atoms with Crippen LogP contribution < -0.4 is 0 Å². The highest BCUT2D eigenvalue weighted by Gasteiger charge is 2.70. The molecule has 0 saturated heterocycles. The lowest BCUT2D eigenvalue weighted by molar-refractivity contribution is -0.0985. The van der Waals surface area contributed by atoms with Crippen LogP contribution in [0.3, 0.4) is 0 Å². The van der Waals surface area contributed by atoms with Gasteiger partial charge in [0, 0.05) is 21.7 Å². The number of rotatable bonds is 10. The number of ether oxygens (including phenoxy) is 2. The van der Waals surface area contributed by atoms with Crippen molar-refractivity contribution in [3.63, 3.8) is 0 Å². The van der Waals surface area contributed by atoms with Gasteiger partial charge in [-0.2, -0.15) is 0 Å². The molecule has 0 amide bonds. The molecule has 0 radical (unpaired) electrons. The van der Waals surface area contributed by atoms with E-state index in [1.54, 1.807) is 0 Å². The molecule has 10 unspecified atom stereocenters. The lowest BCUT2D eigenvalue weighted by atomic mass is 9.46. The number of allylic oxidation sites excluding steroid dienone is 3. The summed E-state index contributed by atoms with van der Waals surface area (Å²) in [6.45, 7) is 1.26. The Hall–Kier alpha value is -0.390. The summed E-state index contributed by atoms with van der Waals surface area (Å²) in [4.78, 5) is 0. The molecule has 11 atom stereocenters. The summed E-state index contributed by atoms with van der Waals surface area (Å²) in [7, 11) is 0. The number of alkyl halides is 1. The second-order valence-corrected chi connectivity index (χ2v) is 21.7. The Labute approximate surface area is 336 Å². The minimum Gasteiger partial charge on any atom is -0.394 e. The number of hydrogen-bond acceptors (Lipinski definition) is 4. The highest BCUT2D eigenvalue weighted by Crippen LogP contribution is 2.76. The molecule has 6 fully saturated rings. The summed E-state index contributed by atoms with van der Waals surface area (Å²) >= 11 is 3.08. The van der Waals surface area contributed by atoms with E-state index in [2.05, 4.69) is 52.7 Å². The van der Waals surface area contributed by atoms with Crippen LogP contribution in [0.25, 0.3) is 0 Å². The van der Waals surface area contributed by atoms with E-state index in [1.165, 1.54) is 135 Å². The van der Waals surface area contributed by atoms with Crippen LogP contribution in [0.15, 0.2) is 23.8 Å². The maximum absolute atomic E-state index is 9.52. The third-order valence-electron chi connectivity index (χ3n) is 18.4. The maximum Gasteiger partial charge on any atom is 0.0701 e. The fourth-order valence-electron chi connectivity index (χ4n) is 17.0. The van der Waals surface area contributed by atoms with Crippen LogP contribution in [0, 0.1) is 81.8 Å². The molecule has 2 N–H and O–H groups in total. The van der Waals surface area contributed by atoms with Gasteiger partial charge in [-0.3, -0.25) is 0 Å². The van der Waals surface area contributed by atoms with E-state index in [-0.39, 0.29) is 19.3 Å². The zero-order chi connectivity index (χ0) is 36.0. The summed E-state index contributed by atoms with van der Waals surface area (Å²) in [5.41, 5.74) is 2.68. The molecule has 9 aliphatic rings.